The molecule has 182 valence electrons. The molecule has 0 spiro atoms. The van der Waals surface area contributed by atoms with Crippen LogP contribution in [0.3, 0.4) is 0 Å². The number of aliphatic hydroxyl groups excluding tert-OH is 1. The van der Waals surface area contributed by atoms with Crippen LogP contribution >= 0.6 is 0 Å². The molecule has 0 bridgehead atoms. The number of aromatic nitrogens is 1. The standard InChI is InChI=1S/C27H27FN2O5/c28-25-15-30-9-8-18(25)12-26(32)19-4-5-20(14-29)24(11-19)17-2-1-3-22(10-17)34-16-27(33)35-23-7-6-21(31)13-23/h1-5,8-11,15,21,23,31H,6-7,12-14,16,29H2. The number of Topliss-reactive ketones (excluding diaryl/α,β-unsaturated/α-hetero) is 1. The first-order valence-electron chi connectivity index (χ1n) is 11.5. The quantitative estimate of drug-likeness (QED) is 0.357. The Bertz CT molecular complexity index is 1220. The number of nitrogens with two attached hydrogens (primary N) is 1. The van der Waals surface area contributed by atoms with Gasteiger partial charge in [0.1, 0.15) is 17.7 Å². The number of aliphatic hydroxyl groups is 1. The average molecular weight is 479 g/mol. The third kappa shape index (κ3) is 6.29. The molecule has 3 N–H and O–H groups in total. The molecule has 1 aliphatic carbocycles. The fourth-order valence-electron chi connectivity index (χ4n) is 4.16. The van der Waals surface area contributed by atoms with Crippen molar-refractivity contribution in [2.24, 2.45) is 5.73 Å². The highest BCUT2D eigenvalue weighted by atomic mass is 19.1. The zero-order chi connectivity index (χ0) is 24.8. The van der Waals surface area contributed by atoms with Crippen LogP contribution in [0.1, 0.15) is 40.7 Å². The Balaban J connectivity index is 1.47. The molecule has 1 aromatic heterocycles. The van der Waals surface area contributed by atoms with Crippen LogP contribution in [0.2, 0.25) is 0 Å². The summed E-state index contributed by atoms with van der Waals surface area (Å²) < 4.78 is 24.9. The number of hydrogen-bond acceptors (Lipinski definition) is 7. The molecule has 0 saturated heterocycles. The Kier molecular flexibility index (Phi) is 7.84. The molecule has 2 atom stereocenters. The van der Waals surface area contributed by atoms with Crippen molar-refractivity contribution in [3.05, 3.63) is 83.4 Å². The predicted molar refractivity (Wildman–Crippen MR) is 127 cm³/mol. The fraction of sp³-hybridized carbons (Fsp3) is 0.296. The molecule has 35 heavy (non-hydrogen) atoms. The monoisotopic (exact) mass is 478 g/mol. The van der Waals surface area contributed by atoms with E-state index in [0.717, 1.165) is 22.9 Å². The van der Waals surface area contributed by atoms with Crippen LogP contribution in [-0.4, -0.2) is 40.7 Å². The molecule has 1 heterocycles. The molecule has 7 nitrogen and oxygen atoms in total. The Morgan fingerprint density at radius 2 is 1.97 bits per heavy atom. The van der Waals surface area contributed by atoms with Gasteiger partial charge in [-0.3, -0.25) is 9.78 Å². The highest BCUT2D eigenvalue weighted by Gasteiger charge is 2.26. The number of nitrogens with zero attached hydrogens (tertiary/aromatic N) is 1. The highest BCUT2D eigenvalue weighted by molar-refractivity contribution is 5.98. The van der Waals surface area contributed by atoms with Crippen LogP contribution in [0.4, 0.5) is 4.39 Å². The van der Waals surface area contributed by atoms with Crippen molar-refractivity contribution in [2.45, 2.75) is 44.4 Å². The molecule has 2 unspecified atom stereocenters. The van der Waals surface area contributed by atoms with E-state index in [4.69, 9.17) is 15.2 Å². The van der Waals surface area contributed by atoms with E-state index in [2.05, 4.69) is 4.98 Å². The number of carbonyl (C=O) groups is 2. The summed E-state index contributed by atoms with van der Waals surface area (Å²) in [6, 6.07) is 13.8. The number of hydrogen-bond donors (Lipinski definition) is 2. The Hall–Kier alpha value is -3.62. The highest BCUT2D eigenvalue weighted by Crippen LogP contribution is 2.29. The van der Waals surface area contributed by atoms with Gasteiger partial charge in [-0.05, 0) is 59.4 Å². The van der Waals surface area contributed by atoms with Crippen LogP contribution in [0.25, 0.3) is 11.1 Å². The molecule has 2 aromatic carbocycles. The van der Waals surface area contributed by atoms with Gasteiger partial charge in [0.2, 0.25) is 0 Å². The van der Waals surface area contributed by atoms with Gasteiger partial charge in [0.25, 0.3) is 0 Å². The van der Waals surface area contributed by atoms with E-state index in [1.165, 1.54) is 12.3 Å². The van der Waals surface area contributed by atoms with Gasteiger partial charge in [-0.15, -0.1) is 0 Å². The second-order valence-electron chi connectivity index (χ2n) is 8.54. The maximum Gasteiger partial charge on any atom is 0.344 e. The van der Waals surface area contributed by atoms with Crippen LogP contribution in [0.5, 0.6) is 5.75 Å². The van der Waals surface area contributed by atoms with Crippen molar-refractivity contribution in [3.8, 4) is 16.9 Å². The van der Waals surface area contributed by atoms with E-state index >= 15 is 0 Å². The molecular weight excluding hydrogens is 451 g/mol. The zero-order valence-corrected chi connectivity index (χ0v) is 19.2. The number of pyridine rings is 1. The van der Waals surface area contributed by atoms with Gasteiger partial charge < -0.3 is 20.3 Å². The lowest BCUT2D eigenvalue weighted by atomic mass is 9.94. The summed E-state index contributed by atoms with van der Waals surface area (Å²) >= 11 is 0. The normalized spacial score (nSPS) is 17.2. The van der Waals surface area contributed by atoms with E-state index < -0.39 is 17.9 Å². The minimum absolute atomic E-state index is 0.0843. The molecule has 0 radical (unpaired) electrons. The molecule has 1 fully saturated rings. The number of halogens is 1. The number of ether oxygens (including phenoxy) is 2. The van der Waals surface area contributed by atoms with E-state index in [1.807, 2.05) is 6.07 Å². The van der Waals surface area contributed by atoms with Crippen molar-refractivity contribution in [3.63, 3.8) is 0 Å². The van der Waals surface area contributed by atoms with E-state index in [1.54, 1.807) is 36.4 Å². The van der Waals surface area contributed by atoms with Crippen LogP contribution < -0.4 is 10.5 Å². The average Bonchev–Trinajstić information content (AvgIpc) is 3.28. The molecule has 8 heteroatoms. The number of esters is 1. The number of ketones is 1. The summed E-state index contributed by atoms with van der Waals surface area (Å²) in [6.07, 6.45) is 3.48. The Labute approximate surface area is 202 Å². The first-order chi connectivity index (χ1) is 16.9. The maximum absolute atomic E-state index is 13.9. The first kappa shape index (κ1) is 24.5. The van der Waals surface area contributed by atoms with Gasteiger partial charge in [0.05, 0.1) is 12.3 Å². The van der Waals surface area contributed by atoms with Gasteiger partial charge in [-0.1, -0.05) is 24.3 Å². The summed E-state index contributed by atoms with van der Waals surface area (Å²) in [7, 11) is 0. The summed E-state index contributed by atoms with van der Waals surface area (Å²) in [4.78, 5) is 28.7. The number of rotatable bonds is 9. The minimum atomic E-state index is -0.521. The molecule has 1 aliphatic rings. The van der Waals surface area contributed by atoms with Crippen molar-refractivity contribution in [1.29, 1.82) is 0 Å². The van der Waals surface area contributed by atoms with Gasteiger partial charge in [-0.25, -0.2) is 9.18 Å². The molecule has 0 aliphatic heterocycles. The predicted octanol–water partition coefficient (Wildman–Crippen LogP) is 3.61. The molecule has 1 saturated carbocycles. The van der Waals surface area contributed by atoms with Crippen molar-refractivity contribution < 1.29 is 28.6 Å². The lowest BCUT2D eigenvalue weighted by molar-refractivity contribution is -0.151. The van der Waals surface area contributed by atoms with Crippen molar-refractivity contribution in [2.75, 3.05) is 6.61 Å². The van der Waals surface area contributed by atoms with Gasteiger partial charge in [0, 0.05) is 31.1 Å². The van der Waals surface area contributed by atoms with Gasteiger partial charge >= 0.3 is 5.97 Å². The largest absolute Gasteiger partial charge is 0.482 e. The third-order valence-corrected chi connectivity index (χ3v) is 6.02. The van der Waals surface area contributed by atoms with Crippen molar-refractivity contribution >= 4 is 11.8 Å². The summed E-state index contributed by atoms with van der Waals surface area (Å²) in [5, 5.41) is 9.57. The van der Waals surface area contributed by atoms with Crippen molar-refractivity contribution in [1.82, 2.24) is 4.98 Å². The van der Waals surface area contributed by atoms with E-state index in [9.17, 15) is 19.1 Å². The SMILES string of the molecule is NCc1ccc(C(=O)Cc2ccncc2F)cc1-c1cccc(OCC(=O)OC2CCC(O)C2)c1. The summed E-state index contributed by atoms with van der Waals surface area (Å²) in [5.74, 6) is -0.781. The lowest BCUT2D eigenvalue weighted by Crippen LogP contribution is -2.21. The van der Waals surface area contributed by atoms with Gasteiger partial charge in [-0.2, -0.15) is 0 Å². The second-order valence-corrected chi connectivity index (χ2v) is 8.54. The second kappa shape index (κ2) is 11.2. The zero-order valence-electron chi connectivity index (χ0n) is 19.2. The summed E-state index contributed by atoms with van der Waals surface area (Å²) in [6.45, 7) is 0.00323. The smallest absolute Gasteiger partial charge is 0.344 e. The molecule has 3 aromatic rings. The van der Waals surface area contributed by atoms with Crippen LogP contribution in [0, 0.1) is 5.82 Å². The Morgan fingerprint density at radius 1 is 1.11 bits per heavy atom. The molecule has 4 rings (SSSR count). The number of benzene rings is 2. The fourth-order valence-corrected chi connectivity index (χ4v) is 4.16. The van der Waals surface area contributed by atoms with Gasteiger partial charge in [0.15, 0.2) is 12.4 Å². The van der Waals surface area contributed by atoms with Crippen LogP contribution in [-0.2, 0) is 22.5 Å². The molecule has 0 amide bonds. The minimum Gasteiger partial charge on any atom is -0.482 e. The third-order valence-electron chi connectivity index (χ3n) is 6.02. The number of carbonyl (C=O) groups excluding carboxylic acids is 2. The van der Waals surface area contributed by atoms with E-state index in [-0.39, 0.29) is 37.0 Å². The molecular formula is C27H27FN2O5. The topological polar surface area (TPSA) is 112 Å². The van der Waals surface area contributed by atoms with Crippen LogP contribution in [0.15, 0.2) is 60.9 Å². The lowest BCUT2D eigenvalue weighted by Gasteiger charge is -2.14. The Morgan fingerprint density at radius 3 is 2.71 bits per heavy atom. The first-order valence-corrected chi connectivity index (χ1v) is 11.5. The maximum atomic E-state index is 13.9. The van der Waals surface area contributed by atoms with E-state index in [0.29, 0.717) is 30.6 Å². The summed E-state index contributed by atoms with van der Waals surface area (Å²) in [5.41, 5.74) is 8.99.